The molecule has 0 heterocycles. The van der Waals surface area contributed by atoms with Crippen LogP contribution in [-0.2, 0) is 11.2 Å². The number of hydrogen-bond acceptors (Lipinski definition) is 4. The summed E-state index contributed by atoms with van der Waals surface area (Å²) in [6.07, 6.45) is 0.169. The van der Waals surface area contributed by atoms with E-state index in [0.29, 0.717) is 16.9 Å². The first-order valence-corrected chi connectivity index (χ1v) is 9.65. The van der Waals surface area contributed by atoms with Gasteiger partial charge in [-0.3, -0.25) is 9.59 Å². The van der Waals surface area contributed by atoms with E-state index in [9.17, 15) is 9.59 Å². The lowest BCUT2D eigenvalue weighted by Crippen LogP contribution is -2.35. The van der Waals surface area contributed by atoms with Crippen LogP contribution in [0.25, 0.3) is 0 Å². The highest BCUT2D eigenvalue weighted by Crippen LogP contribution is 2.17. The van der Waals surface area contributed by atoms with E-state index in [1.165, 1.54) is 0 Å². The van der Waals surface area contributed by atoms with Crippen molar-refractivity contribution in [1.82, 2.24) is 5.32 Å². The molecule has 0 fully saturated rings. The molecule has 0 radical (unpaired) electrons. The molecule has 0 unspecified atom stereocenters. The smallest absolute Gasteiger partial charge is 0.257 e. The molecule has 0 aromatic heterocycles. The van der Waals surface area contributed by atoms with Gasteiger partial charge in [0.25, 0.3) is 5.91 Å². The van der Waals surface area contributed by atoms with Gasteiger partial charge in [-0.1, -0.05) is 42.5 Å². The first-order valence-electron chi connectivity index (χ1n) is 9.24. The van der Waals surface area contributed by atoms with Crippen molar-refractivity contribution >= 4 is 40.5 Å². The van der Waals surface area contributed by atoms with Crippen molar-refractivity contribution in [3.63, 3.8) is 0 Å². The van der Waals surface area contributed by atoms with E-state index >= 15 is 0 Å². The highest BCUT2D eigenvalue weighted by atomic mass is 32.1. The first-order chi connectivity index (χ1) is 14.5. The predicted molar refractivity (Wildman–Crippen MR) is 122 cm³/mol. The van der Waals surface area contributed by atoms with Crippen LogP contribution in [0.5, 0.6) is 5.75 Å². The fraction of sp³-hybridized carbons (Fsp3) is 0.0870. The van der Waals surface area contributed by atoms with Gasteiger partial charge in [-0.25, -0.2) is 0 Å². The van der Waals surface area contributed by atoms with Crippen molar-refractivity contribution in [2.24, 2.45) is 0 Å². The monoisotopic (exact) mass is 419 g/mol. The van der Waals surface area contributed by atoms with Crippen LogP contribution in [-0.4, -0.2) is 24.0 Å². The molecular weight excluding hydrogens is 398 g/mol. The Kier molecular flexibility index (Phi) is 7.13. The van der Waals surface area contributed by atoms with Crippen molar-refractivity contribution in [1.29, 1.82) is 0 Å². The lowest BCUT2D eigenvalue weighted by Gasteiger charge is -2.13. The van der Waals surface area contributed by atoms with Crippen LogP contribution in [0, 0.1) is 0 Å². The van der Waals surface area contributed by atoms with Gasteiger partial charge < -0.3 is 20.7 Å². The second-order valence-corrected chi connectivity index (χ2v) is 6.80. The van der Waals surface area contributed by atoms with E-state index in [4.69, 9.17) is 17.0 Å². The van der Waals surface area contributed by atoms with Crippen LogP contribution in [0.1, 0.15) is 15.9 Å². The number of carbonyl (C=O) groups is 2. The topological polar surface area (TPSA) is 79.5 Å². The number of benzene rings is 3. The maximum absolute atomic E-state index is 12.6. The molecule has 2 amide bonds. The first kappa shape index (κ1) is 21.0. The SMILES string of the molecule is COc1ccc(CC(=O)NC(=S)Nc2ccccc2C(=O)Nc2ccccc2)cc1. The zero-order chi connectivity index (χ0) is 21.3. The van der Waals surface area contributed by atoms with Gasteiger partial charge in [-0.15, -0.1) is 0 Å². The Labute approximate surface area is 180 Å². The summed E-state index contributed by atoms with van der Waals surface area (Å²) in [6, 6.07) is 23.3. The Morgan fingerprint density at radius 1 is 0.867 bits per heavy atom. The van der Waals surface area contributed by atoms with E-state index in [-0.39, 0.29) is 23.3 Å². The number of anilines is 2. The van der Waals surface area contributed by atoms with Gasteiger partial charge in [0.2, 0.25) is 5.91 Å². The summed E-state index contributed by atoms with van der Waals surface area (Å²) in [7, 11) is 1.59. The minimum absolute atomic E-state index is 0.119. The molecule has 6 nitrogen and oxygen atoms in total. The molecule has 0 aliphatic rings. The van der Waals surface area contributed by atoms with Crippen LogP contribution in [0.15, 0.2) is 78.9 Å². The number of methoxy groups -OCH3 is 1. The molecular formula is C23H21N3O3S. The van der Waals surface area contributed by atoms with E-state index in [2.05, 4.69) is 16.0 Å². The molecule has 0 aliphatic carbocycles. The van der Waals surface area contributed by atoms with Crippen molar-refractivity contribution in [3.05, 3.63) is 90.0 Å². The van der Waals surface area contributed by atoms with E-state index in [1.807, 2.05) is 30.3 Å². The minimum atomic E-state index is -0.281. The van der Waals surface area contributed by atoms with Crippen molar-refractivity contribution in [2.75, 3.05) is 17.7 Å². The van der Waals surface area contributed by atoms with Crippen molar-refractivity contribution in [2.45, 2.75) is 6.42 Å². The van der Waals surface area contributed by atoms with E-state index in [0.717, 1.165) is 11.3 Å². The van der Waals surface area contributed by atoms with Crippen LogP contribution >= 0.6 is 12.2 Å². The molecule has 3 rings (SSSR count). The maximum Gasteiger partial charge on any atom is 0.257 e. The predicted octanol–water partition coefficient (Wildman–Crippen LogP) is 4.00. The highest BCUT2D eigenvalue weighted by molar-refractivity contribution is 7.80. The van der Waals surface area contributed by atoms with Gasteiger partial charge in [0.1, 0.15) is 5.75 Å². The summed E-state index contributed by atoms with van der Waals surface area (Å²) in [6.45, 7) is 0. The summed E-state index contributed by atoms with van der Waals surface area (Å²) in [4.78, 5) is 24.9. The number of nitrogens with one attached hydrogen (secondary N) is 3. The lowest BCUT2D eigenvalue weighted by molar-refractivity contribution is -0.119. The van der Waals surface area contributed by atoms with Gasteiger partial charge in [0.05, 0.1) is 24.8 Å². The molecule has 0 spiro atoms. The second kappa shape index (κ2) is 10.2. The zero-order valence-electron chi connectivity index (χ0n) is 16.3. The van der Waals surface area contributed by atoms with Crippen LogP contribution in [0.3, 0.4) is 0 Å². The Morgan fingerprint density at radius 2 is 1.53 bits per heavy atom. The largest absolute Gasteiger partial charge is 0.497 e. The molecule has 0 bridgehead atoms. The second-order valence-electron chi connectivity index (χ2n) is 6.39. The molecule has 3 N–H and O–H groups in total. The molecule has 0 saturated heterocycles. The standard InChI is InChI=1S/C23H21N3O3S/c1-29-18-13-11-16(12-14-18)15-21(27)26-23(30)25-20-10-6-5-9-19(20)22(28)24-17-7-3-2-4-8-17/h2-14H,15H2,1H3,(H,24,28)(H2,25,26,27,30). The molecule has 152 valence electrons. The molecule has 0 saturated carbocycles. The third-order valence-corrected chi connectivity index (χ3v) is 4.43. The summed E-state index contributed by atoms with van der Waals surface area (Å²) >= 11 is 5.25. The molecule has 0 atom stereocenters. The normalized spacial score (nSPS) is 10.0. The van der Waals surface area contributed by atoms with Gasteiger partial charge in [-0.05, 0) is 54.2 Å². The number of para-hydroxylation sites is 2. The molecule has 7 heteroatoms. The average molecular weight is 420 g/mol. The number of carbonyl (C=O) groups excluding carboxylic acids is 2. The van der Waals surface area contributed by atoms with Gasteiger partial charge in [0.15, 0.2) is 5.11 Å². The number of thiocarbonyl (C=S) groups is 1. The van der Waals surface area contributed by atoms with Crippen molar-refractivity contribution < 1.29 is 14.3 Å². The van der Waals surface area contributed by atoms with Gasteiger partial charge in [0, 0.05) is 5.69 Å². The van der Waals surface area contributed by atoms with Gasteiger partial charge >= 0.3 is 0 Å². The number of ether oxygens (including phenoxy) is 1. The quantitative estimate of drug-likeness (QED) is 0.526. The Morgan fingerprint density at radius 3 is 2.23 bits per heavy atom. The highest BCUT2D eigenvalue weighted by Gasteiger charge is 2.13. The third kappa shape index (κ3) is 5.89. The molecule has 3 aromatic carbocycles. The van der Waals surface area contributed by atoms with Crippen LogP contribution in [0.4, 0.5) is 11.4 Å². The fourth-order valence-electron chi connectivity index (χ4n) is 2.76. The fourth-order valence-corrected chi connectivity index (χ4v) is 2.99. The van der Waals surface area contributed by atoms with Crippen LogP contribution < -0.4 is 20.7 Å². The molecule has 30 heavy (non-hydrogen) atoms. The number of rotatable bonds is 6. The maximum atomic E-state index is 12.6. The van der Waals surface area contributed by atoms with Crippen molar-refractivity contribution in [3.8, 4) is 5.75 Å². The summed E-state index contributed by atoms with van der Waals surface area (Å²) < 4.78 is 5.11. The van der Waals surface area contributed by atoms with Crippen LogP contribution in [0.2, 0.25) is 0 Å². The zero-order valence-corrected chi connectivity index (χ0v) is 17.2. The summed E-state index contributed by atoms with van der Waals surface area (Å²) in [5.41, 5.74) is 2.43. The molecule has 3 aromatic rings. The number of amides is 2. The minimum Gasteiger partial charge on any atom is -0.497 e. The lowest BCUT2D eigenvalue weighted by atomic mass is 10.1. The van der Waals surface area contributed by atoms with E-state index < -0.39 is 0 Å². The summed E-state index contributed by atoms with van der Waals surface area (Å²) in [5, 5.41) is 8.52. The number of hydrogen-bond donors (Lipinski definition) is 3. The Bertz CT molecular complexity index is 1040. The average Bonchev–Trinajstić information content (AvgIpc) is 2.75. The Hall–Kier alpha value is -3.71. The Balaban J connectivity index is 1.60. The van der Waals surface area contributed by atoms with Gasteiger partial charge in [-0.2, -0.15) is 0 Å². The molecule has 0 aliphatic heterocycles. The third-order valence-electron chi connectivity index (χ3n) is 4.23. The summed E-state index contributed by atoms with van der Waals surface area (Å²) in [5.74, 6) is 0.183. The van der Waals surface area contributed by atoms with E-state index in [1.54, 1.807) is 55.6 Å².